The summed E-state index contributed by atoms with van der Waals surface area (Å²) >= 11 is 0. The van der Waals surface area contributed by atoms with Gasteiger partial charge >= 0.3 is 0 Å². The van der Waals surface area contributed by atoms with E-state index in [1.54, 1.807) is 19.5 Å². The summed E-state index contributed by atoms with van der Waals surface area (Å²) in [4.78, 5) is 8.56. The zero-order chi connectivity index (χ0) is 12.8. The lowest BCUT2D eigenvalue weighted by molar-refractivity contribution is 0.190. The number of rotatable bonds is 7. The van der Waals surface area contributed by atoms with Crippen LogP contribution in [0.15, 0.2) is 24.8 Å². The van der Waals surface area contributed by atoms with Crippen molar-refractivity contribution < 1.29 is 4.74 Å². The lowest BCUT2D eigenvalue weighted by Gasteiger charge is -2.09. The summed E-state index contributed by atoms with van der Waals surface area (Å²) < 4.78 is 9.12. The Morgan fingerprint density at radius 2 is 2.11 bits per heavy atom. The average Bonchev–Trinajstić information content (AvgIpc) is 2.96. The van der Waals surface area contributed by atoms with Crippen LogP contribution in [0.1, 0.15) is 12.2 Å². The molecule has 0 aliphatic heterocycles. The second kappa shape index (κ2) is 6.20. The SMILES string of the molecule is COCCCn1ccnc1NCc1nccn1C. The van der Waals surface area contributed by atoms with Crippen LogP contribution in [-0.4, -0.2) is 32.8 Å². The van der Waals surface area contributed by atoms with Gasteiger partial charge in [-0.3, -0.25) is 0 Å². The fourth-order valence-electron chi connectivity index (χ4n) is 1.76. The van der Waals surface area contributed by atoms with Gasteiger partial charge in [-0.1, -0.05) is 0 Å². The number of anilines is 1. The van der Waals surface area contributed by atoms with Gasteiger partial charge in [-0.2, -0.15) is 0 Å². The second-order valence-electron chi connectivity index (χ2n) is 4.10. The largest absolute Gasteiger partial charge is 0.385 e. The molecule has 0 saturated heterocycles. The number of nitrogens with one attached hydrogen (secondary N) is 1. The van der Waals surface area contributed by atoms with Gasteiger partial charge < -0.3 is 19.2 Å². The van der Waals surface area contributed by atoms with E-state index in [4.69, 9.17) is 4.74 Å². The smallest absolute Gasteiger partial charge is 0.203 e. The van der Waals surface area contributed by atoms with E-state index in [1.807, 2.05) is 24.0 Å². The molecule has 0 aromatic carbocycles. The first-order valence-electron chi connectivity index (χ1n) is 6.01. The van der Waals surface area contributed by atoms with E-state index in [9.17, 15) is 0 Å². The molecular formula is C12H19N5O. The highest BCUT2D eigenvalue weighted by Gasteiger charge is 2.04. The predicted molar refractivity (Wildman–Crippen MR) is 69.3 cm³/mol. The number of methoxy groups -OCH3 is 1. The molecule has 0 fully saturated rings. The van der Waals surface area contributed by atoms with Crippen molar-refractivity contribution in [3.63, 3.8) is 0 Å². The predicted octanol–water partition coefficient (Wildman–Crippen LogP) is 1.27. The van der Waals surface area contributed by atoms with Gasteiger partial charge in [0.05, 0.1) is 6.54 Å². The molecule has 0 aliphatic carbocycles. The molecule has 0 atom stereocenters. The Hall–Kier alpha value is -1.82. The van der Waals surface area contributed by atoms with E-state index >= 15 is 0 Å². The van der Waals surface area contributed by atoms with E-state index < -0.39 is 0 Å². The van der Waals surface area contributed by atoms with Gasteiger partial charge in [0.2, 0.25) is 5.95 Å². The van der Waals surface area contributed by atoms with Gasteiger partial charge in [-0.15, -0.1) is 0 Å². The molecule has 1 N–H and O–H groups in total. The Bertz CT molecular complexity index is 476. The molecule has 0 unspecified atom stereocenters. The third-order valence-electron chi connectivity index (χ3n) is 2.79. The van der Waals surface area contributed by atoms with Crippen LogP contribution >= 0.6 is 0 Å². The summed E-state index contributed by atoms with van der Waals surface area (Å²) in [5, 5.41) is 3.29. The van der Waals surface area contributed by atoms with Gasteiger partial charge in [0, 0.05) is 52.1 Å². The van der Waals surface area contributed by atoms with Crippen LogP contribution in [0, 0.1) is 0 Å². The highest BCUT2D eigenvalue weighted by Crippen LogP contribution is 2.07. The molecule has 2 aromatic rings. The minimum Gasteiger partial charge on any atom is -0.385 e. The molecule has 0 saturated carbocycles. The molecule has 18 heavy (non-hydrogen) atoms. The number of imidazole rings is 2. The fraction of sp³-hybridized carbons (Fsp3) is 0.500. The van der Waals surface area contributed by atoms with Gasteiger partial charge in [-0.05, 0) is 6.42 Å². The zero-order valence-electron chi connectivity index (χ0n) is 10.8. The minimum absolute atomic E-state index is 0.671. The van der Waals surface area contributed by atoms with Crippen molar-refractivity contribution in [3.8, 4) is 0 Å². The number of hydrogen-bond donors (Lipinski definition) is 1. The third-order valence-corrected chi connectivity index (χ3v) is 2.79. The Morgan fingerprint density at radius 1 is 1.28 bits per heavy atom. The number of ether oxygens (including phenoxy) is 1. The summed E-state index contributed by atoms with van der Waals surface area (Å²) in [6.07, 6.45) is 8.47. The third kappa shape index (κ3) is 3.10. The summed E-state index contributed by atoms with van der Waals surface area (Å²) in [7, 11) is 3.70. The summed E-state index contributed by atoms with van der Waals surface area (Å²) in [5.41, 5.74) is 0. The van der Waals surface area contributed by atoms with E-state index in [2.05, 4.69) is 19.9 Å². The maximum absolute atomic E-state index is 5.05. The molecule has 0 spiro atoms. The van der Waals surface area contributed by atoms with Crippen LogP contribution in [0.5, 0.6) is 0 Å². The van der Waals surface area contributed by atoms with Crippen LogP contribution in [0.4, 0.5) is 5.95 Å². The molecule has 0 aliphatic rings. The van der Waals surface area contributed by atoms with Crippen molar-refractivity contribution in [2.24, 2.45) is 7.05 Å². The number of aromatic nitrogens is 4. The number of hydrogen-bond acceptors (Lipinski definition) is 4. The van der Waals surface area contributed by atoms with Crippen molar-refractivity contribution in [1.29, 1.82) is 0 Å². The molecule has 6 heteroatoms. The van der Waals surface area contributed by atoms with E-state index in [1.165, 1.54) is 0 Å². The Kier molecular flexibility index (Phi) is 4.35. The van der Waals surface area contributed by atoms with Crippen molar-refractivity contribution in [2.45, 2.75) is 19.5 Å². The molecule has 98 valence electrons. The van der Waals surface area contributed by atoms with Gasteiger partial charge in [-0.25, -0.2) is 9.97 Å². The molecule has 0 radical (unpaired) electrons. The first-order valence-corrected chi connectivity index (χ1v) is 6.01. The Morgan fingerprint density at radius 3 is 2.83 bits per heavy atom. The lowest BCUT2D eigenvalue weighted by atomic mass is 10.4. The van der Waals surface area contributed by atoms with E-state index in [0.717, 1.165) is 31.3 Å². The lowest BCUT2D eigenvalue weighted by Crippen LogP contribution is -2.11. The first kappa shape index (κ1) is 12.6. The zero-order valence-corrected chi connectivity index (χ0v) is 10.8. The summed E-state index contributed by atoms with van der Waals surface area (Å²) in [6, 6.07) is 0. The molecule has 6 nitrogen and oxygen atoms in total. The fourth-order valence-corrected chi connectivity index (χ4v) is 1.76. The van der Waals surface area contributed by atoms with Crippen LogP contribution in [0.2, 0.25) is 0 Å². The van der Waals surface area contributed by atoms with Gasteiger partial charge in [0.15, 0.2) is 0 Å². The molecule has 0 bridgehead atoms. The van der Waals surface area contributed by atoms with Crippen molar-refractivity contribution in [3.05, 3.63) is 30.6 Å². The minimum atomic E-state index is 0.671. The standard InChI is InChI=1S/C12H19N5O/c1-16-7-4-13-11(16)10-15-12-14-5-8-17(12)6-3-9-18-2/h4-5,7-8H,3,6,9-10H2,1-2H3,(H,14,15). The highest BCUT2D eigenvalue weighted by molar-refractivity contribution is 5.26. The highest BCUT2D eigenvalue weighted by atomic mass is 16.5. The van der Waals surface area contributed by atoms with Crippen LogP contribution in [-0.2, 0) is 24.9 Å². The second-order valence-corrected chi connectivity index (χ2v) is 4.10. The van der Waals surface area contributed by atoms with Crippen LogP contribution in [0.3, 0.4) is 0 Å². The average molecular weight is 249 g/mol. The van der Waals surface area contributed by atoms with Crippen LogP contribution in [0.25, 0.3) is 0 Å². The normalized spacial score (nSPS) is 10.8. The maximum atomic E-state index is 5.05. The van der Waals surface area contributed by atoms with E-state index in [0.29, 0.717) is 6.54 Å². The Labute approximate surface area is 107 Å². The maximum Gasteiger partial charge on any atom is 0.203 e. The molecule has 2 heterocycles. The first-order chi connectivity index (χ1) is 8.81. The Balaban J connectivity index is 1.89. The van der Waals surface area contributed by atoms with Crippen LogP contribution < -0.4 is 5.32 Å². The molecule has 2 rings (SSSR count). The molecule has 2 aromatic heterocycles. The monoisotopic (exact) mass is 249 g/mol. The number of aryl methyl sites for hydroxylation is 2. The van der Waals surface area contributed by atoms with E-state index in [-0.39, 0.29) is 0 Å². The van der Waals surface area contributed by atoms with Crippen molar-refractivity contribution in [1.82, 2.24) is 19.1 Å². The van der Waals surface area contributed by atoms with Crippen molar-refractivity contribution in [2.75, 3.05) is 19.0 Å². The van der Waals surface area contributed by atoms with Gasteiger partial charge in [0.1, 0.15) is 5.82 Å². The topological polar surface area (TPSA) is 56.9 Å². The van der Waals surface area contributed by atoms with Gasteiger partial charge in [0.25, 0.3) is 0 Å². The number of nitrogens with zero attached hydrogens (tertiary/aromatic N) is 4. The summed E-state index contributed by atoms with van der Waals surface area (Å²) in [5.74, 6) is 1.86. The molecular weight excluding hydrogens is 230 g/mol. The molecule has 0 amide bonds. The summed E-state index contributed by atoms with van der Waals surface area (Å²) in [6.45, 7) is 2.33. The quantitative estimate of drug-likeness (QED) is 0.751. The van der Waals surface area contributed by atoms with Crippen molar-refractivity contribution >= 4 is 5.95 Å².